The molecule has 0 radical (unpaired) electrons. The molecule has 21 heavy (non-hydrogen) atoms. The van der Waals surface area contributed by atoms with Gasteiger partial charge in [0.1, 0.15) is 0 Å². The zero-order valence-electron chi connectivity index (χ0n) is 11.2. The van der Waals surface area contributed by atoms with Crippen molar-refractivity contribution in [3.8, 4) is 0 Å². The fourth-order valence-electron chi connectivity index (χ4n) is 1.80. The molecule has 0 bridgehead atoms. The van der Waals surface area contributed by atoms with E-state index in [4.69, 9.17) is 5.73 Å². The van der Waals surface area contributed by atoms with Crippen molar-refractivity contribution in [1.29, 1.82) is 0 Å². The molecule has 3 N–H and O–H groups in total. The minimum absolute atomic E-state index is 0.174. The number of sulfonamides is 1. The largest absolute Gasteiger partial charge is 0.398 e. The summed E-state index contributed by atoms with van der Waals surface area (Å²) in [6.45, 7) is 1.80. The predicted octanol–water partition coefficient (Wildman–Crippen LogP) is 3.83. The van der Waals surface area contributed by atoms with Crippen molar-refractivity contribution in [2.24, 2.45) is 0 Å². The summed E-state index contributed by atoms with van der Waals surface area (Å²) in [5, 5.41) is 0. The van der Waals surface area contributed by atoms with Gasteiger partial charge in [-0.15, -0.1) is 0 Å². The number of nitrogens with two attached hydrogens (primary N) is 1. The number of nitrogen functional groups attached to an aromatic ring is 1. The third-order valence-electron chi connectivity index (χ3n) is 2.98. The van der Waals surface area contributed by atoms with Crippen molar-refractivity contribution in [1.82, 2.24) is 4.72 Å². The first-order chi connectivity index (χ1) is 9.79. The summed E-state index contributed by atoms with van der Waals surface area (Å²) in [6.07, 6.45) is 0. The van der Waals surface area contributed by atoms with Crippen molar-refractivity contribution < 1.29 is 8.42 Å². The van der Waals surface area contributed by atoms with Crippen molar-refractivity contribution >= 4 is 47.6 Å². The van der Waals surface area contributed by atoms with Gasteiger partial charge in [0.2, 0.25) is 10.0 Å². The summed E-state index contributed by atoms with van der Waals surface area (Å²) >= 11 is 6.59. The molecule has 0 saturated carbocycles. The van der Waals surface area contributed by atoms with Crippen LogP contribution in [0.2, 0.25) is 0 Å². The van der Waals surface area contributed by atoms with E-state index in [2.05, 4.69) is 36.6 Å². The third-order valence-corrected chi connectivity index (χ3v) is 5.74. The molecular formula is C14H14Br2N2O2S. The molecule has 2 rings (SSSR count). The first-order valence-electron chi connectivity index (χ1n) is 6.12. The maximum Gasteiger partial charge on any atom is 0.241 e. The van der Waals surface area contributed by atoms with Crippen LogP contribution in [-0.4, -0.2) is 8.42 Å². The van der Waals surface area contributed by atoms with Crippen LogP contribution in [0.4, 0.5) is 5.69 Å². The van der Waals surface area contributed by atoms with Crippen LogP contribution in [0.3, 0.4) is 0 Å². The first-order valence-corrected chi connectivity index (χ1v) is 9.19. The molecule has 2 aromatic carbocycles. The highest BCUT2D eigenvalue weighted by molar-refractivity contribution is 9.10. The molecule has 0 amide bonds. The number of hydrogen-bond donors (Lipinski definition) is 2. The second-order valence-corrected chi connectivity index (χ2v) is 8.06. The predicted molar refractivity (Wildman–Crippen MR) is 91.4 cm³/mol. The van der Waals surface area contributed by atoms with Gasteiger partial charge in [-0.1, -0.05) is 28.1 Å². The standard InChI is InChI=1S/C14H14Br2N2O2S/c1-9(10-2-4-11(15)5-3-10)18-21(19,20)12-6-7-14(17)13(16)8-12/h2-9,18H,17H2,1H3. The van der Waals surface area contributed by atoms with Gasteiger partial charge in [-0.25, -0.2) is 13.1 Å². The number of hydrogen-bond acceptors (Lipinski definition) is 3. The lowest BCUT2D eigenvalue weighted by Gasteiger charge is -2.15. The Kier molecular flexibility index (Phi) is 5.08. The molecule has 0 spiro atoms. The summed E-state index contributed by atoms with van der Waals surface area (Å²) in [5.74, 6) is 0. The highest BCUT2D eigenvalue weighted by Crippen LogP contribution is 2.24. The number of halogens is 2. The Bertz CT molecular complexity index is 746. The normalized spacial score (nSPS) is 13.1. The van der Waals surface area contributed by atoms with Crippen LogP contribution in [0.25, 0.3) is 0 Å². The van der Waals surface area contributed by atoms with E-state index in [0.717, 1.165) is 10.0 Å². The second kappa shape index (κ2) is 6.48. The van der Waals surface area contributed by atoms with Gasteiger partial charge in [0, 0.05) is 20.7 Å². The SMILES string of the molecule is CC(NS(=O)(=O)c1ccc(N)c(Br)c1)c1ccc(Br)cc1. The van der Waals surface area contributed by atoms with Gasteiger partial charge in [-0.2, -0.15) is 0 Å². The van der Waals surface area contributed by atoms with Gasteiger partial charge in [-0.3, -0.25) is 0 Å². The third kappa shape index (κ3) is 4.06. The molecule has 0 aromatic heterocycles. The Morgan fingerprint density at radius 3 is 2.29 bits per heavy atom. The number of anilines is 1. The Labute approximate surface area is 141 Å². The van der Waals surface area contributed by atoms with E-state index < -0.39 is 10.0 Å². The Hall–Kier alpha value is -0.890. The van der Waals surface area contributed by atoms with Gasteiger partial charge in [0.25, 0.3) is 0 Å². The van der Waals surface area contributed by atoms with Gasteiger partial charge in [0.05, 0.1) is 4.90 Å². The topological polar surface area (TPSA) is 72.2 Å². The zero-order valence-corrected chi connectivity index (χ0v) is 15.2. The minimum atomic E-state index is -3.60. The first kappa shape index (κ1) is 16.5. The van der Waals surface area contributed by atoms with E-state index in [1.54, 1.807) is 13.0 Å². The van der Waals surface area contributed by atoms with Gasteiger partial charge in [0.15, 0.2) is 0 Å². The molecule has 1 atom stereocenters. The molecule has 0 aliphatic carbocycles. The fourth-order valence-corrected chi connectivity index (χ4v) is 3.85. The van der Waals surface area contributed by atoms with E-state index in [0.29, 0.717) is 10.2 Å². The number of nitrogens with one attached hydrogen (secondary N) is 1. The van der Waals surface area contributed by atoms with Gasteiger partial charge >= 0.3 is 0 Å². The van der Waals surface area contributed by atoms with Crippen LogP contribution in [0.5, 0.6) is 0 Å². The Morgan fingerprint density at radius 1 is 1.10 bits per heavy atom. The van der Waals surface area contributed by atoms with Crippen molar-refractivity contribution in [2.45, 2.75) is 17.9 Å². The van der Waals surface area contributed by atoms with Crippen LogP contribution < -0.4 is 10.5 Å². The molecule has 112 valence electrons. The highest BCUT2D eigenvalue weighted by Gasteiger charge is 2.19. The van der Waals surface area contributed by atoms with Crippen LogP contribution in [0.1, 0.15) is 18.5 Å². The van der Waals surface area contributed by atoms with Crippen LogP contribution in [0.15, 0.2) is 56.3 Å². The molecule has 0 saturated heterocycles. The van der Waals surface area contributed by atoms with E-state index in [9.17, 15) is 8.42 Å². The second-order valence-electron chi connectivity index (χ2n) is 4.58. The van der Waals surface area contributed by atoms with E-state index in [1.165, 1.54) is 12.1 Å². The van der Waals surface area contributed by atoms with Crippen LogP contribution in [-0.2, 0) is 10.0 Å². The lowest BCUT2D eigenvalue weighted by molar-refractivity contribution is 0.567. The molecular weight excluding hydrogens is 420 g/mol. The van der Waals surface area contributed by atoms with Crippen LogP contribution >= 0.6 is 31.9 Å². The van der Waals surface area contributed by atoms with Crippen molar-refractivity contribution in [3.05, 3.63) is 57.0 Å². The summed E-state index contributed by atoms with van der Waals surface area (Å²) in [6, 6.07) is 11.7. The molecule has 0 aliphatic heterocycles. The zero-order chi connectivity index (χ0) is 15.6. The molecule has 4 nitrogen and oxygen atoms in total. The summed E-state index contributed by atoms with van der Waals surface area (Å²) < 4.78 is 28.9. The van der Waals surface area contributed by atoms with Gasteiger partial charge in [-0.05, 0) is 58.7 Å². The molecule has 0 heterocycles. The lowest BCUT2D eigenvalue weighted by atomic mass is 10.1. The quantitative estimate of drug-likeness (QED) is 0.719. The molecule has 2 aromatic rings. The Balaban J connectivity index is 2.24. The lowest BCUT2D eigenvalue weighted by Crippen LogP contribution is -2.26. The Morgan fingerprint density at radius 2 is 1.71 bits per heavy atom. The molecule has 0 fully saturated rings. The monoisotopic (exact) mass is 432 g/mol. The van der Waals surface area contributed by atoms with Crippen LogP contribution in [0, 0.1) is 0 Å². The molecule has 0 aliphatic rings. The fraction of sp³-hybridized carbons (Fsp3) is 0.143. The number of rotatable bonds is 4. The van der Waals surface area contributed by atoms with Crippen molar-refractivity contribution in [3.63, 3.8) is 0 Å². The summed E-state index contributed by atoms with van der Waals surface area (Å²) in [5.41, 5.74) is 7.05. The number of benzene rings is 2. The molecule has 1 unspecified atom stereocenters. The van der Waals surface area contributed by atoms with Crippen molar-refractivity contribution in [2.75, 3.05) is 5.73 Å². The average molecular weight is 434 g/mol. The van der Waals surface area contributed by atoms with E-state index in [-0.39, 0.29) is 10.9 Å². The maximum absolute atomic E-state index is 12.4. The highest BCUT2D eigenvalue weighted by atomic mass is 79.9. The smallest absolute Gasteiger partial charge is 0.241 e. The minimum Gasteiger partial charge on any atom is -0.398 e. The maximum atomic E-state index is 12.4. The van der Waals surface area contributed by atoms with E-state index in [1.807, 2.05) is 24.3 Å². The summed E-state index contributed by atoms with van der Waals surface area (Å²) in [4.78, 5) is 0.174. The van der Waals surface area contributed by atoms with E-state index >= 15 is 0 Å². The summed E-state index contributed by atoms with van der Waals surface area (Å²) in [7, 11) is -3.60. The molecule has 7 heteroatoms. The average Bonchev–Trinajstić information content (AvgIpc) is 2.42. The van der Waals surface area contributed by atoms with Gasteiger partial charge < -0.3 is 5.73 Å².